The molecule has 5 heteroatoms. The molecule has 1 aromatic heterocycles. The molecule has 0 spiro atoms. The minimum absolute atomic E-state index is 0.149. The third-order valence-corrected chi connectivity index (χ3v) is 5.27. The van der Waals surface area contributed by atoms with Crippen molar-refractivity contribution in [2.24, 2.45) is 11.1 Å². The van der Waals surface area contributed by atoms with Crippen LogP contribution in [0.1, 0.15) is 48.8 Å². The van der Waals surface area contributed by atoms with Gasteiger partial charge >= 0.3 is 0 Å². The number of rotatable bonds is 3. The molecule has 3 rings (SSSR count). The van der Waals surface area contributed by atoms with Crippen LogP contribution < -0.4 is 5.73 Å². The number of halogens is 1. The lowest BCUT2D eigenvalue weighted by Crippen LogP contribution is -2.40. The zero-order chi connectivity index (χ0) is 18.2. The van der Waals surface area contributed by atoms with Gasteiger partial charge in [0.1, 0.15) is 5.69 Å². The van der Waals surface area contributed by atoms with Crippen molar-refractivity contribution in [3.63, 3.8) is 0 Å². The van der Waals surface area contributed by atoms with Crippen LogP contribution in [0.5, 0.6) is 0 Å². The van der Waals surface area contributed by atoms with Crippen LogP contribution in [0.4, 0.5) is 0 Å². The summed E-state index contributed by atoms with van der Waals surface area (Å²) >= 11 is 6.01. The molecule has 1 aliphatic rings. The highest BCUT2D eigenvalue weighted by Crippen LogP contribution is 2.50. The zero-order valence-electron chi connectivity index (χ0n) is 14.6. The summed E-state index contributed by atoms with van der Waals surface area (Å²) in [5.74, 6) is -0.493. The van der Waals surface area contributed by atoms with E-state index >= 15 is 0 Å². The Hall–Kier alpha value is -2.33. The zero-order valence-corrected chi connectivity index (χ0v) is 15.4. The van der Waals surface area contributed by atoms with E-state index in [2.05, 4.69) is 49.2 Å². The van der Waals surface area contributed by atoms with Gasteiger partial charge in [-0.3, -0.25) is 9.89 Å². The third kappa shape index (κ3) is 3.02. The maximum Gasteiger partial charge on any atom is 0.267 e. The van der Waals surface area contributed by atoms with Crippen LogP contribution in [-0.2, 0) is 5.41 Å². The first-order chi connectivity index (χ1) is 11.7. The number of aromatic nitrogens is 2. The fraction of sp³-hybridized carbons (Fsp3) is 0.300. The van der Waals surface area contributed by atoms with Crippen molar-refractivity contribution in [2.45, 2.75) is 32.6 Å². The second-order valence-corrected chi connectivity index (χ2v) is 7.89. The van der Waals surface area contributed by atoms with E-state index in [-0.39, 0.29) is 5.41 Å². The van der Waals surface area contributed by atoms with Crippen LogP contribution in [0.2, 0.25) is 5.02 Å². The number of nitrogens with two attached hydrogens (primary N) is 1. The van der Waals surface area contributed by atoms with E-state index in [1.54, 1.807) is 6.20 Å². The summed E-state index contributed by atoms with van der Waals surface area (Å²) in [5, 5.41) is 7.56. The van der Waals surface area contributed by atoms with Gasteiger partial charge in [0, 0.05) is 16.0 Å². The number of carbonyl (C=O) groups is 1. The first kappa shape index (κ1) is 17.5. The molecule has 0 bridgehead atoms. The number of hydrogen-bond acceptors (Lipinski definition) is 2. The number of carbonyl (C=O) groups excluding carboxylic acids is 1. The van der Waals surface area contributed by atoms with Gasteiger partial charge in [-0.05, 0) is 35.1 Å². The van der Waals surface area contributed by atoms with Gasteiger partial charge in [-0.15, -0.1) is 0 Å². The van der Waals surface area contributed by atoms with E-state index in [9.17, 15) is 4.79 Å². The number of hydrogen-bond donors (Lipinski definition) is 2. The van der Waals surface area contributed by atoms with Gasteiger partial charge in [0.25, 0.3) is 5.91 Å². The van der Waals surface area contributed by atoms with Gasteiger partial charge in [0.2, 0.25) is 0 Å². The maximum absolute atomic E-state index is 11.9. The Morgan fingerprint density at radius 3 is 2.56 bits per heavy atom. The molecule has 25 heavy (non-hydrogen) atoms. The molecule has 0 fully saturated rings. The van der Waals surface area contributed by atoms with Gasteiger partial charge < -0.3 is 5.73 Å². The first-order valence-electron chi connectivity index (χ1n) is 8.23. The quantitative estimate of drug-likeness (QED) is 0.851. The summed E-state index contributed by atoms with van der Waals surface area (Å²) in [5.41, 5.74) is 8.40. The minimum atomic E-state index is -0.493. The van der Waals surface area contributed by atoms with E-state index in [0.717, 1.165) is 23.1 Å². The van der Waals surface area contributed by atoms with Crippen molar-refractivity contribution in [3.8, 4) is 0 Å². The molecule has 0 saturated heterocycles. The smallest absolute Gasteiger partial charge is 0.267 e. The lowest BCUT2D eigenvalue weighted by Gasteiger charge is -2.44. The lowest BCUT2D eigenvalue weighted by molar-refractivity contribution is 0.0991. The molecule has 1 aromatic carbocycles. The van der Waals surface area contributed by atoms with Crippen LogP contribution in [0.15, 0.2) is 48.7 Å². The number of nitrogens with zero attached hydrogens (tertiary/aromatic N) is 1. The SMILES string of the molecule is CC(C)(C)C1(c2cn[nH]c2C(N)=O)C=C(c2ccc(Cl)cc2)C=CC1. The molecule has 1 heterocycles. The number of primary amides is 1. The first-order valence-corrected chi connectivity index (χ1v) is 8.61. The van der Waals surface area contributed by atoms with Crippen molar-refractivity contribution in [1.29, 1.82) is 0 Å². The fourth-order valence-electron chi connectivity index (χ4n) is 3.49. The number of H-pyrrole nitrogens is 1. The topological polar surface area (TPSA) is 71.8 Å². The molecule has 1 amide bonds. The van der Waals surface area contributed by atoms with Crippen LogP contribution >= 0.6 is 11.6 Å². The number of aromatic amines is 1. The van der Waals surface area contributed by atoms with Gasteiger partial charge in [0.05, 0.1) is 6.20 Å². The van der Waals surface area contributed by atoms with Crippen molar-refractivity contribution in [2.75, 3.05) is 0 Å². The monoisotopic (exact) mass is 355 g/mol. The third-order valence-electron chi connectivity index (χ3n) is 5.02. The Morgan fingerprint density at radius 1 is 1.28 bits per heavy atom. The molecule has 0 radical (unpaired) electrons. The molecule has 1 unspecified atom stereocenters. The van der Waals surface area contributed by atoms with Crippen molar-refractivity contribution < 1.29 is 4.79 Å². The second kappa shape index (κ2) is 6.19. The summed E-state index contributed by atoms with van der Waals surface area (Å²) in [6, 6.07) is 7.76. The summed E-state index contributed by atoms with van der Waals surface area (Å²) in [6.07, 6.45) is 8.98. The second-order valence-electron chi connectivity index (χ2n) is 7.46. The largest absolute Gasteiger partial charge is 0.364 e. The molecule has 2 aromatic rings. The van der Waals surface area contributed by atoms with Crippen molar-refractivity contribution >= 4 is 23.1 Å². The Kier molecular flexibility index (Phi) is 4.33. The van der Waals surface area contributed by atoms with Gasteiger partial charge in [0.15, 0.2) is 0 Å². The predicted molar refractivity (Wildman–Crippen MR) is 101 cm³/mol. The summed E-state index contributed by atoms with van der Waals surface area (Å²) in [4.78, 5) is 11.9. The Labute approximate surface area is 152 Å². The normalized spacial score (nSPS) is 20.4. The summed E-state index contributed by atoms with van der Waals surface area (Å²) in [6.45, 7) is 6.50. The molecule has 1 aliphatic carbocycles. The highest BCUT2D eigenvalue weighted by atomic mass is 35.5. The molecule has 3 N–H and O–H groups in total. The highest BCUT2D eigenvalue weighted by Gasteiger charge is 2.45. The molecule has 130 valence electrons. The predicted octanol–water partition coefficient (Wildman–Crippen LogP) is 4.49. The van der Waals surface area contributed by atoms with Gasteiger partial charge in [-0.1, -0.05) is 62.7 Å². The minimum Gasteiger partial charge on any atom is -0.364 e. The van der Waals surface area contributed by atoms with E-state index in [0.29, 0.717) is 10.7 Å². The van der Waals surface area contributed by atoms with E-state index in [1.807, 2.05) is 24.3 Å². The van der Waals surface area contributed by atoms with Gasteiger partial charge in [-0.25, -0.2) is 0 Å². The molecular formula is C20H22ClN3O. The molecule has 4 nitrogen and oxygen atoms in total. The average Bonchev–Trinajstić information content (AvgIpc) is 3.05. The lowest BCUT2D eigenvalue weighted by atomic mass is 9.59. The van der Waals surface area contributed by atoms with Crippen LogP contribution in [0, 0.1) is 5.41 Å². The van der Waals surface area contributed by atoms with Crippen molar-refractivity contribution in [3.05, 3.63) is 70.5 Å². The number of amides is 1. The average molecular weight is 356 g/mol. The van der Waals surface area contributed by atoms with Crippen LogP contribution in [0.25, 0.3) is 5.57 Å². The maximum atomic E-state index is 11.9. The van der Waals surface area contributed by atoms with E-state index in [4.69, 9.17) is 17.3 Å². The number of allylic oxidation sites excluding steroid dienone is 4. The standard InChI is InChI=1S/C20H22ClN3O/c1-19(2,3)20(16-12-23-24-17(16)18(22)25)10-4-5-14(11-20)13-6-8-15(21)9-7-13/h4-9,11-12H,10H2,1-3H3,(H2,22,25)(H,23,24). The van der Waals surface area contributed by atoms with Crippen LogP contribution in [0.3, 0.4) is 0 Å². The van der Waals surface area contributed by atoms with Gasteiger partial charge in [-0.2, -0.15) is 5.10 Å². The Bertz CT molecular complexity index is 856. The number of nitrogens with one attached hydrogen (secondary N) is 1. The Morgan fingerprint density at radius 2 is 1.96 bits per heavy atom. The molecule has 0 aliphatic heterocycles. The van der Waals surface area contributed by atoms with E-state index in [1.165, 1.54) is 0 Å². The summed E-state index contributed by atoms with van der Waals surface area (Å²) in [7, 11) is 0. The molecule has 0 saturated carbocycles. The van der Waals surface area contributed by atoms with Crippen molar-refractivity contribution in [1.82, 2.24) is 10.2 Å². The molecular weight excluding hydrogens is 334 g/mol. The van der Waals surface area contributed by atoms with E-state index < -0.39 is 11.3 Å². The van der Waals surface area contributed by atoms with Crippen LogP contribution in [-0.4, -0.2) is 16.1 Å². The number of benzene rings is 1. The Balaban J connectivity index is 2.20. The summed E-state index contributed by atoms with van der Waals surface area (Å²) < 4.78 is 0. The molecule has 1 atom stereocenters. The highest BCUT2D eigenvalue weighted by molar-refractivity contribution is 6.30. The fourth-order valence-corrected chi connectivity index (χ4v) is 3.62.